The topological polar surface area (TPSA) is 71.4 Å². The summed E-state index contributed by atoms with van der Waals surface area (Å²) >= 11 is 0. The van der Waals surface area contributed by atoms with Crippen molar-refractivity contribution in [1.29, 1.82) is 0 Å². The molecule has 0 saturated heterocycles. The SMILES string of the molecule is COCC(=O)N(C)CC(=O)N1N=C(c2ccc(OC)cc2)C[C@H]1c1ccc(C)cc1. The van der Waals surface area contributed by atoms with E-state index >= 15 is 0 Å². The Morgan fingerprint density at radius 2 is 1.77 bits per heavy atom. The Bertz CT molecular complexity index is 922. The van der Waals surface area contributed by atoms with Gasteiger partial charge in [-0.1, -0.05) is 29.8 Å². The lowest BCUT2D eigenvalue weighted by molar-refractivity contribution is -0.142. The molecule has 2 aromatic rings. The van der Waals surface area contributed by atoms with Crippen LogP contribution >= 0.6 is 0 Å². The predicted molar refractivity (Wildman–Crippen MR) is 114 cm³/mol. The summed E-state index contributed by atoms with van der Waals surface area (Å²) in [5, 5.41) is 6.14. The molecule has 0 unspecified atom stereocenters. The molecular weight excluding hydrogens is 382 g/mol. The van der Waals surface area contributed by atoms with Crippen LogP contribution in [0, 0.1) is 6.92 Å². The van der Waals surface area contributed by atoms with Gasteiger partial charge in [-0.2, -0.15) is 5.10 Å². The van der Waals surface area contributed by atoms with Gasteiger partial charge in [0, 0.05) is 20.6 Å². The molecule has 1 heterocycles. The van der Waals surface area contributed by atoms with E-state index in [2.05, 4.69) is 5.10 Å². The molecule has 0 radical (unpaired) electrons. The third-order valence-electron chi connectivity index (χ3n) is 5.12. The molecule has 1 aliphatic heterocycles. The molecule has 7 nitrogen and oxygen atoms in total. The summed E-state index contributed by atoms with van der Waals surface area (Å²) in [6.45, 7) is 1.90. The number of carbonyl (C=O) groups excluding carboxylic acids is 2. The first-order chi connectivity index (χ1) is 14.4. The minimum Gasteiger partial charge on any atom is -0.497 e. The molecule has 2 aromatic carbocycles. The molecule has 1 aliphatic rings. The summed E-state index contributed by atoms with van der Waals surface area (Å²) in [7, 11) is 4.66. The summed E-state index contributed by atoms with van der Waals surface area (Å²) in [6, 6.07) is 15.5. The molecular formula is C23H27N3O4. The van der Waals surface area contributed by atoms with E-state index in [0.29, 0.717) is 6.42 Å². The van der Waals surface area contributed by atoms with Gasteiger partial charge < -0.3 is 14.4 Å². The number of hydrogen-bond donors (Lipinski definition) is 0. The number of hydrogen-bond acceptors (Lipinski definition) is 5. The Morgan fingerprint density at radius 3 is 2.37 bits per heavy atom. The van der Waals surface area contributed by atoms with E-state index in [9.17, 15) is 9.59 Å². The highest BCUT2D eigenvalue weighted by atomic mass is 16.5. The molecule has 3 rings (SSSR count). The van der Waals surface area contributed by atoms with E-state index in [4.69, 9.17) is 9.47 Å². The fourth-order valence-electron chi connectivity index (χ4n) is 3.34. The van der Waals surface area contributed by atoms with Crippen molar-refractivity contribution in [3.63, 3.8) is 0 Å². The zero-order valence-electron chi connectivity index (χ0n) is 17.8. The lowest BCUT2D eigenvalue weighted by Gasteiger charge is -2.25. The average Bonchev–Trinajstić information content (AvgIpc) is 3.20. The van der Waals surface area contributed by atoms with Gasteiger partial charge >= 0.3 is 0 Å². The van der Waals surface area contributed by atoms with Crippen molar-refractivity contribution < 1.29 is 19.1 Å². The molecule has 0 saturated carbocycles. The van der Waals surface area contributed by atoms with Crippen LogP contribution in [-0.4, -0.2) is 61.9 Å². The zero-order chi connectivity index (χ0) is 21.7. The van der Waals surface area contributed by atoms with E-state index in [1.54, 1.807) is 14.2 Å². The lowest BCUT2D eigenvalue weighted by Crippen LogP contribution is -2.40. The van der Waals surface area contributed by atoms with Crippen molar-refractivity contribution in [2.24, 2.45) is 5.10 Å². The number of aryl methyl sites for hydroxylation is 1. The fraction of sp³-hybridized carbons (Fsp3) is 0.348. The van der Waals surface area contributed by atoms with E-state index in [1.807, 2.05) is 55.5 Å². The van der Waals surface area contributed by atoms with Crippen LogP contribution in [0.3, 0.4) is 0 Å². The van der Waals surface area contributed by atoms with E-state index in [-0.39, 0.29) is 31.0 Å². The van der Waals surface area contributed by atoms with Gasteiger partial charge in [-0.05, 0) is 42.3 Å². The maximum absolute atomic E-state index is 13.1. The van der Waals surface area contributed by atoms with Gasteiger partial charge in [0.1, 0.15) is 18.9 Å². The summed E-state index contributed by atoms with van der Waals surface area (Å²) in [5.74, 6) is 0.269. The lowest BCUT2D eigenvalue weighted by atomic mass is 9.97. The Kier molecular flexibility index (Phi) is 6.84. The number of nitrogens with zero attached hydrogens (tertiary/aromatic N) is 3. The number of carbonyl (C=O) groups is 2. The monoisotopic (exact) mass is 409 g/mol. The molecule has 0 fully saturated rings. The van der Waals surface area contributed by atoms with Gasteiger partial charge in [-0.15, -0.1) is 0 Å². The van der Waals surface area contributed by atoms with E-state index in [1.165, 1.54) is 17.0 Å². The number of benzene rings is 2. The van der Waals surface area contributed by atoms with Crippen molar-refractivity contribution >= 4 is 17.5 Å². The van der Waals surface area contributed by atoms with Crippen molar-refractivity contribution in [3.05, 3.63) is 65.2 Å². The van der Waals surface area contributed by atoms with Crippen LogP contribution in [0.1, 0.15) is 29.2 Å². The Labute approximate surface area is 176 Å². The summed E-state index contributed by atoms with van der Waals surface area (Å²) in [6.07, 6.45) is 0.594. The first-order valence-corrected chi connectivity index (χ1v) is 9.76. The van der Waals surface area contributed by atoms with Gasteiger partial charge in [0.05, 0.1) is 18.9 Å². The third-order valence-corrected chi connectivity index (χ3v) is 5.12. The number of rotatable bonds is 7. The summed E-state index contributed by atoms with van der Waals surface area (Å²) in [5.41, 5.74) is 3.91. The highest BCUT2D eigenvalue weighted by Gasteiger charge is 2.33. The second-order valence-corrected chi connectivity index (χ2v) is 7.33. The zero-order valence-corrected chi connectivity index (χ0v) is 17.8. The number of hydrazone groups is 1. The Morgan fingerprint density at radius 1 is 1.10 bits per heavy atom. The van der Waals surface area contributed by atoms with E-state index in [0.717, 1.165) is 28.2 Å². The molecule has 7 heteroatoms. The molecule has 0 aliphatic carbocycles. The van der Waals surface area contributed by atoms with Crippen LogP contribution in [0.25, 0.3) is 0 Å². The molecule has 0 N–H and O–H groups in total. The maximum atomic E-state index is 13.1. The van der Waals surface area contributed by atoms with Gasteiger partial charge in [-0.3, -0.25) is 9.59 Å². The van der Waals surface area contributed by atoms with Crippen molar-refractivity contribution in [2.45, 2.75) is 19.4 Å². The summed E-state index contributed by atoms with van der Waals surface area (Å²) in [4.78, 5) is 26.4. The number of likely N-dealkylation sites (N-methyl/N-ethyl adjacent to an activating group) is 1. The van der Waals surface area contributed by atoms with Crippen LogP contribution < -0.4 is 4.74 Å². The van der Waals surface area contributed by atoms with Gasteiger partial charge in [0.15, 0.2) is 0 Å². The molecule has 1 atom stereocenters. The standard InChI is InChI=1S/C23H27N3O4/c1-16-5-7-18(8-6-16)21-13-20(17-9-11-19(30-4)12-10-17)24-26(21)22(27)14-25(2)23(28)15-29-3/h5-12,21H,13-15H2,1-4H3/t21-/m0/s1. The van der Waals surface area contributed by atoms with Crippen molar-refractivity contribution in [3.8, 4) is 5.75 Å². The highest BCUT2D eigenvalue weighted by Crippen LogP contribution is 2.33. The fourth-order valence-corrected chi connectivity index (χ4v) is 3.34. The van der Waals surface area contributed by atoms with Crippen LogP contribution in [0.5, 0.6) is 5.75 Å². The maximum Gasteiger partial charge on any atom is 0.262 e. The molecule has 0 aromatic heterocycles. The summed E-state index contributed by atoms with van der Waals surface area (Å²) < 4.78 is 10.1. The average molecular weight is 409 g/mol. The normalized spacial score (nSPS) is 15.7. The molecule has 0 spiro atoms. The molecule has 0 bridgehead atoms. The second-order valence-electron chi connectivity index (χ2n) is 7.33. The first kappa shape index (κ1) is 21.5. The van der Waals surface area contributed by atoms with Gasteiger partial charge in [-0.25, -0.2) is 5.01 Å². The van der Waals surface area contributed by atoms with Crippen LogP contribution in [-0.2, 0) is 14.3 Å². The molecule has 2 amide bonds. The largest absolute Gasteiger partial charge is 0.497 e. The van der Waals surface area contributed by atoms with Crippen molar-refractivity contribution in [2.75, 3.05) is 34.4 Å². The molecule has 158 valence electrons. The predicted octanol–water partition coefficient (Wildman–Crippen LogP) is 2.79. The van der Waals surface area contributed by atoms with E-state index < -0.39 is 0 Å². The van der Waals surface area contributed by atoms with Crippen LogP contribution in [0.15, 0.2) is 53.6 Å². The minimum absolute atomic E-state index is 0.0640. The Balaban J connectivity index is 1.86. The highest BCUT2D eigenvalue weighted by molar-refractivity contribution is 6.03. The second kappa shape index (κ2) is 9.54. The number of ether oxygens (including phenoxy) is 2. The van der Waals surface area contributed by atoms with Crippen LogP contribution in [0.4, 0.5) is 0 Å². The van der Waals surface area contributed by atoms with Crippen molar-refractivity contribution in [1.82, 2.24) is 9.91 Å². The minimum atomic E-state index is -0.253. The quantitative estimate of drug-likeness (QED) is 0.705. The third kappa shape index (κ3) is 4.86. The number of methoxy groups -OCH3 is 2. The molecule has 30 heavy (non-hydrogen) atoms. The Hall–Kier alpha value is -3.19. The van der Waals surface area contributed by atoms with Crippen LogP contribution in [0.2, 0.25) is 0 Å². The first-order valence-electron chi connectivity index (χ1n) is 9.76. The smallest absolute Gasteiger partial charge is 0.262 e. The van der Waals surface area contributed by atoms with Gasteiger partial charge in [0.25, 0.3) is 5.91 Å². The number of amides is 2. The van der Waals surface area contributed by atoms with Gasteiger partial charge in [0.2, 0.25) is 5.91 Å².